The first-order valence-electron chi connectivity index (χ1n) is 8.85. The number of hydrogen-bond donors (Lipinski definition) is 3. The zero-order valence-corrected chi connectivity index (χ0v) is 15.1. The Labute approximate surface area is 131 Å². The van der Waals surface area contributed by atoms with E-state index >= 15 is 0 Å². The van der Waals surface area contributed by atoms with Crippen LogP contribution in [-0.4, -0.2) is 32.1 Å². The van der Waals surface area contributed by atoms with Crippen molar-refractivity contribution in [1.29, 1.82) is 0 Å². The van der Waals surface area contributed by atoms with Crippen molar-refractivity contribution >= 4 is 0 Å². The second-order valence-electron chi connectivity index (χ2n) is 6.78. The van der Waals surface area contributed by atoms with Crippen molar-refractivity contribution in [3.63, 3.8) is 0 Å². The van der Waals surface area contributed by atoms with E-state index in [9.17, 15) is 15.3 Å². The van der Waals surface area contributed by atoms with Crippen LogP contribution in [0.2, 0.25) is 0 Å². The van der Waals surface area contributed by atoms with Crippen LogP contribution in [0, 0.1) is 5.92 Å². The summed E-state index contributed by atoms with van der Waals surface area (Å²) in [7, 11) is 0. The first-order valence-corrected chi connectivity index (χ1v) is 8.85. The molecule has 3 N–H and O–H groups in total. The summed E-state index contributed by atoms with van der Waals surface area (Å²) in [5.74, 6) is -0.0812. The lowest BCUT2D eigenvalue weighted by atomic mass is 9.69. The molecule has 3 nitrogen and oxygen atoms in total. The molecule has 0 aliphatic carbocycles. The average molecular weight is 302 g/mol. The fourth-order valence-electron chi connectivity index (χ4n) is 3.27. The molecule has 0 unspecified atom stereocenters. The van der Waals surface area contributed by atoms with Crippen molar-refractivity contribution in [1.82, 2.24) is 0 Å². The third kappa shape index (κ3) is 5.54. The van der Waals surface area contributed by atoms with Crippen LogP contribution in [0.1, 0.15) is 92.9 Å². The number of hydrogen-bond acceptors (Lipinski definition) is 3. The highest BCUT2D eigenvalue weighted by molar-refractivity contribution is 4.94. The molecule has 0 aromatic rings. The standard InChI is InChI=1S/C18H38O3/c1-7-16(19,8-2)13-15(18(21,11-5)12-6)14-17(20,9-3)10-4/h15,19-21H,7-14H2,1-6H3. The van der Waals surface area contributed by atoms with E-state index in [2.05, 4.69) is 0 Å². The highest BCUT2D eigenvalue weighted by Crippen LogP contribution is 2.40. The van der Waals surface area contributed by atoms with Gasteiger partial charge in [0.05, 0.1) is 16.8 Å². The van der Waals surface area contributed by atoms with Crippen molar-refractivity contribution in [2.75, 3.05) is 0 Å². The van der Waals surface area contributed by atoms with Crippen molar-refractivity contribution in [2.24, 2.45) is 5.92 Å². The second kappa shape index (κ2) is 8.50. The smallest absolute Gasteiger partial charge is 0.0672 e. The van der Waals surface area contributed by atoms with Gasteiger partial charge in [0, 0.05) is 0 Å². The fraction of sp³-hybridized carbons (Fsp3) is 1.00. The maximum Gasteiger partial charge on any atom is 0.0672 e. The summed E-state index contributed by atoms with van der Waals surface area (Å²) < 4.78 is 0. The summed E-state index contributed by atoms with van der Waals surface area (Å²) in [6.07, 6.45) is 5.14. The number of aliphatic hydroxyl groups is 3. The molecular formula is C18H38O3. The van der Waals surface area contributed by atoms with E-state index in [0.29, 0.717) is 51.4 Å². The molecule has 0 fully saturated rings. The topological polar surface area (TPSA) is 60.7 Å². The van der Waals surface area contributed by atoms with Crippen LogP contribution >= 0.6 is 0 Å². The monoisotopic (exact) mass is 302 g/mol. The van der Waals surface area contributed by atoms with Crippen LogP contribution in [0.3, 0.4) is 0 Å². The van der Waals surface area contributed by atoms with Gasteiger partial charge in [-0.15, -0.1) is 0 Å². The Morgan fingerprint density at radius 2 is 0.857 bits per heavy atom. The van der Waals surface area contributed by atoms with Crippen LogP contribution in [0.15, 0.2) is 0 Å². The lowest BCUT2D eigenvalue weighted by molar-refractivity contribution is -0.105. The Bertz CT molecular complexity index is 256. The van der Waals surface area contributed by atoms with Crippen LogP contribution in [0.5, 0.6) is 0 Å². The van der Waals surface area contributed by atoms with Crippen molar-refractivity contribution < 1.29 is 15.3 Å². The van der Waals surface area contributed by atoms with Crippen LogP contribution < -0.4 is 0 Å². The molecule has 0 aliphatic rings. The summed E-state index contributed by atoms with van der Waals surface area (Å²) in [6, 6.07) is 0. The van der Waals surface area contributed by atoms with Gasteiger partial charge in [-0.1, -0.05) is 41.5 Å². The molecule has 0 bridgehead atoms. The Morgan fingerprint density at radius 1 is 0.571 bits per heavy atom. The molecule has 0 atom stereocenters. The summed E-state index contributed by atoms with van der Waals surface area (Å²) in [5.41, 5.74) is -2.30. The predicted octanol–water partition coefficient (Wildman–Crippen LogP) is 4.04. The molecule has 128 valence electrons. The zero-order chi connectivity index (χ0) is 16.7. The number of rotatable bonds is 11. The summed E-state index contributed by atoms with van der Waals surface area (Å²) in [5, 5.41) is 32.4. The molecule has 0 aliphatic heterocycles. The lowest BCUT2D eigenvalue weighted by Gasteiger charge is -2.43. The molecule has 0 saturated heterocycles. The highest BCUT2D eigenvalue weighted by atomic mass is 16.3. The Hall–Kier alpha value is -0.120. The quantitative estimate of drug-likeness (QED) is 0.540. The molecular weight excluding hydrogens is 264 g/mol. The van der Waals surface area contributed by atoms with Gasteiger partial charge in [0.1, 0.15) is 0 Å². The van der Waals surface area contributed by atoms with Gasteiger partial charge in [-0.05, 0) is 57.3 Å². The minimum Gasteiger partial charge on any atom is -0.390 e. The van der Waals surface area contributed by atoms with Crippen LogP contribution in [0.25, 0.3) is 0 Å². The SMILES string of the molecule is CCC(O)(CC)CC(CC(O)(CC)CC)C(O)(CC)CC. The largest absolute Gasteiger partial charge is 0.390 e. The lowest BCUT2D eigenvalue weighted by Crippen LogP contribution is -2.46. The highest BCUT2D eigenvalue weighted by Gasteiger charge is 2.42. The average Bonchev–Trinajstić information content (AvgIpc) is 2.52. The first-order chi connectivity index (χ1) is 9.68. The van der Waals surface area contributed by atoms with Crippen molar-refractivity contribution in [3.05, 3.63) is 0 Å². The van der Waals surface area contributed by atoms with E-state index in [-0.39, 0.29) is 5.92 Å². The van der Waals surface area contributed by atoms with Crippen molar-refractivity contribution in [2.45, 2.75) is 110 Å². The first kappa shape index (κ1) is 20.9. The molecule has 0 aromatic carbocycles. The molecule has 0 spiro atoms. The summed E-state index contributed by atoms with van der Waals surface area (Å²) in [4.78, 5) is 0. The normalized spacial score (nSPS) is 14.0. The summed E-state index contributed by atoms with van der Waals surface area (Å²) in [6.45, 7) is 11.9. The molecule has 3 heteroatoms. The zero-order valence-electron chi connectivity index (χ0n) is 15.1. The molecule has 21 heavy (non-hydrogen) atoms. The van der Waals surface area contributed by atoms with Gasteiger partial charge in [0.15, 0.2) is 0 Å². The van der Waals surface area contributed by atoms with Crippen LogP contribution in [-0.2, 0) is 0 Å². The molecule has 0 amide bonds. The third-order valence-electron chi connectivity index (χ3n) is 5.87. The van der Waals surface area contributed by atoms with Gasteiger partial charge >= 0.3 is 0 Å². The van der Waals surface area contributed by atoms with E-state index < -0.39 is 16.8 Å². The van der Waals surface area contributed by atoms with E-state index in [1.54, 1.807) is 0 Å². The Morgan fingerprint density at radius 3 is 1.05 bits per heavy atom. The van der Waals surface area contributed by atoms with Gasteiger partial charge in [0.25, 0.3) is 0 Å². The van der Waals surface area contributed by atoms with Crippen LogP contribution in [0.4, 0.5) is 0 Å². The minimum atomic E-state index is -0.809. The van der Waals surface area contributed by atoms with Gasteiger partial charge in [-0.3, -0.25) is 0 Å². The molecule has 0 rings (SSSR count). The van der Waals surface area contributed by atoms with E-state index in [1.807, 2.05) is 41.5 Å². The predicted molar refractivity (Wildman–Crippen MR) is 89.3 cm³/mol. The van der Waals surface area contributed by atoms with Crippen molar-refractivity contribution in [3.8, 4) is 0 Å². The van der Waals surface area contributed by atoms with E-state index in [4.69, 9.17) is 0 Å². The second-order valence-corrected chi connectivity index (χ2v) is 6.78. The summed E-state index contributed by atoms with van der Waals surface area (Å²) >= 11 is 0. The van der Waals surface area contributed by atoms with Gasteiger partial charge in [-0.25, -0.2) is 0 Å². The van der Waals surface area contributed by atoms with Gasteiger partial charge in [-0.2, -0.15) is 0 Å². The van der Waals surface area contributed by atoms with Gasteiger partial charge < -0.3 is 15.3 Å². The van der Waals surface area contributed by atoms with E-state index in [1.165, 1.54) is 0 Å². The maximum atomic E-state index is 11.0. The maximum absolute atomic E-state index is 11.0. The van der Waals surface area contributed by atoms with E-state index in [0.717, 1.165) is 0 Å². The Kier molecular flexibility index (Phi) is 8.45. The molecule has 0 radical (unpaired) electrons. The molecule has 0 heterocycles. The molecule has 0 aromatic heterocycles. The molecule has 0 saturated carbocycles. The fourth-order valence-corrected chi connectivity index (χ4v) is 3.27. The minimum absolute atomic E-state index is 0.0812. The van der Waals surface area contributed by atoms with Gasteiger partial charge in [0.2, 0.25) is 0 Å². The third-order valence-corrected chi connectivity index (χ3v) is 5.87. The Balaban J connectivity index is 5.38.